The smallest absolute Gasteiger partial charge is 0.240 e. The third-order valence-corrected chi connectivity index (χ3v) is 4.55. The van der Waals surface area contributed by atoms with Crippen LogP contribution in [-0.2, 0) is 10.0 Å². The van der Waals surface area contributed by atoms with Crippen molar-refractivity contribution in [2.75, 3.05) is 13.2 Å². The molecule has 0 saturated carbocycles. The monoisotopic (exact) mass is 295 g/mol. The van der Waals surface area contributed by atoms with E-state index in [0.717, 1.165) is 17.5 Å². The molecule has 1 rings (SSSR count). The minimum absolute atomic E-state index is 0.212. The Bertz CT molecular complexity index is 612. The predicted molar refractivity (Wildman–Crippen MR) is 79.8 cm³/mol. The van der Waals surface area contributed by atoms with Gasteiger partial charge in [-0.25, -0.2) is 13.1 Å². The summed E-state index contributed by atoms with van der Waals surface area (Å²) >= 11 is 0. The molecule has 2 N–H and O–H groups in total. The van der Waals surface area contributed by atoms with Gasteiger partial charge >= 0.3 is 0 Å². The Morgan fingerprint density at radius 3 is 2.65 bits per heavy atom. The Morgan fingerprint density at radius 2 is 2.10 bits per heavy atom. The van der Waals surface area contributed by atoms with Crippen LogP contribution in [0.1, 0.15) is 31.4 Å². The summed E-state index contributed by atoms with van der Waals surface area (Å²) < 4.78 is 26.9. The number of hydrogen-bond acceptors (Lipinski definition) is 3. The molecule has 0 heterocycles. The van der Waals surface area contributed by atoms with Crippen LogP contribution in [0.15, 0.2) is 23.1 Å². The van der Waals surface area contributed by atoms with Crippen molar-refractivity contribution in [3.8, 4) is 11.8 Å². The minimum atomic E-state index is -3.47. The van der Waals surface area contributed by atoms with Crippen LogP contribution in [0.3, 0.4) is 0 Å². The SMILES string of the molecule is CCC(C)CNS(=O)(=O)c1ccc(C#CCO)c(C)c1. The number of aliphatic hydroxyl groups excluding tert-OH is 1. The van der Waals surface area contributed by atoms with E-state index in [0.29, 0.717) is 12.5 Å². The molecule has 0 radical (unpaired) electrons. The lowest BCUT2D eigenvalue weighted by atomic mass is 10.1. The van der Waals surface area contributed by atoms with Crippen LogP contribution in [0.4, 0.5) is 0 Å². The molecule has 0 amide bonds. The lowest BCUT2D eigenvalue weighted by molar-refractivity contribution is 0.350. The van der Waals surface area contributed by atoms with Gasteiger partial charge in [0.1, 0.15) is 6.61 Å². The van der Waals surface area contributed by atoms with Gasteiger partial charge in [0.05, 0.1) is 4.90 Å². The zero-order valence-electron chi connectivity index (χ0n) is 12.1. The number of aryl methyl sites for hydroxylation is 1. The second-order valence-corrected chi connectivity index (χ2v) is 6.57. The van der Waals surface area contributed by atoms with Crippen LogP contribution in [0, 0.1) is 24.7 Å². The molecule has 0 fully saturated rings. The molecule has 0 aromatic heterocycles. The maximum atomic E-state index is 12.1. The van der Waals surface area contributed by atoms with Crippen LogP contribution in [0.2, 0.25) is 0 Å². The first-order valence-electron chi connectivity index (χ1n) is 6.60. The lowest BCUT2D eigenvalue weighted by Gasteiger charge is -2.11. The van der Waals surface area contributed by atoms with E-state index in [-0.39, 0.29) is 11.5 Å². The molecule has 0 saturated heterocycles. The van der Waals surface area contributed by atoms with E-state index >= 15 is 0 Å². The van der Waals surface area contributed by atoms with E-state index in [4.69, 9.17) is 5.11 Å². The number of hydrogen-bond donors (Lipinski definition) is 2. The molecule has 1 unspecified atom stereocenters. The molecular weight excluding hydrogens is 274 g/mol. The Hall–Kier alpha value is -1.35. The van der Waals surface area contributed by atoms with Crippen LogP contribution < -0.4 is 4.72 Å². The van der Waals surface area contributed by atoms with E-state index in [1.165, 1.54) is 6.07 Å². The summed E-state index contributed by atoms with van der Waals surface area (Å²) in [5.41, 5.74) is 1.50. The van der Waals surface area contributed by atoms with Crippen molar-refractivity contribution in [2.24, 2.45) is 5.92 Å². The van der Waals surface area contributed by atoms with Crippen molar-refractivity contribution >= 4 is 10.0 Å². The molecule has 4 nitrogen and oxygen atoms in total. The fourth-order valence-corrected chi connectivity index (χ4v) is 2.81. The average molecular weight is 295 g/mol. The molecule has 1 aromatic rings. The number of rotatable bonds is 5. The zero-order valence-corrected chi connectivity index (χ0v) is 12.9. The first kappa shape index (κ1) is 16.7. The first-order chi connectivity index (χ1) is 9.40. The van der Waals surface area contributed by atoms with Crippen molar-refractivity contribution in [3.05, 3.63) is 29.3 Å². The van der Waals surface area contributed by atoms with Gasteiger partial charge in [0.15, 0.2) is 0 Å². The van der Waals surface area contributed by atoms with E-state index in [1.807, 2.05) is 13.8 Å². The summed E-state index contributed by atoms with van der Waals surface area (Å²) in [6.45, 7) is 6.05. The third-order valence-electron chi connectivity index (χ3n) is 3.13. The van der Waals surface area contributed by atoms with Gasteiger partial charge in [-0.3, -0.25) is 0 Å². The summed E-state index contributed by atoms with van der Waals surface area (Å²) in [5, 5.41) is 8.67. The Balaban J connectivity index is 2.94. The fourth-order valence-electron chi connectivity index (χ4n) is 1.56. The van der Waals surface area contributed by atoms with Gasteiger partial charge in [0, 0.05) is 12.1 Å². The van der Waals surface area contributed by atoms with Gasteiger partial charge < -0.3 is 5.11 Å². The summed E-state index contributed by atoms with van der Waals surface area (Å²) in [6, 6.07) is 4.80. The quantitative estimate of drug-likeness (QED) is 0.812. The third kappa shape index (κ3) is 4.64. The maximum Gasteiger partial charge on any atom is 0.240 e. The topological polar surface area (TPSA) is 66.4 Å². The van der Waals surface area contributed by atoms with E-state index in [1.54, 1.807) is 19.1 Å². The number of nitrogens with one attached hydrogen (secondary N) is 1. The minimum Gasteiger partial charge on any atom is -0.384 e. The molecule has 0 aliphatic rings. The first-order valence-corrected chi connectivity index (χ1v) is 8.09. The number of aliphatic hydroxyl groups is 1. The molecule has 0 aliphatic heterocycles. The largest absolute Gasteiger partial charge is 0.384 e. The van der Waals surface area contributed by atoms with Crippen LogP contribution >= 0.6 is 0 Å². The van der Waals surface area contributed by atoms with Crippen molar-refractivity contribution in [2.45, 2.75) is 32.1 Å². The van der Waals surface area contributed by atoms with Gasteiger partial charge in [-0.1, -0.05) is 32.1 Å². The van der Waals surface area contributed by atoms with E-state index < -0.39 is 10.0 Å². The maximum absolute atomic E-state index is 12.1. The standard InChI is InChI=1S/C15H21NO3S/c1-4-12(2)11-16-20(18,19)15-8-7-14(6-5-9-17)13(3)10-15/h7-8,10,12,16-17H,4,9,11H2,1-3H3. The highest BCUT2D eigenvalue weighted by atomic mass is 32.2. The van der Waals surface area contributed by atoms with Gasteiger partial charge in [-0.05, 0) is 36.6 Å². The molecule has 0 spiro atoms. The summed E-state index contributed by atoms with van der Waals surface area (Å²) in [5.74, 6) is 5.64. The summed E-state index contributed by atoms with van der Waals surface area (Å²) in [7, 11) is -3.47. The highest BCUT2D eigenvalue weighted by Gasteiger charge is 2.15. The van der Waals surface area contributed by atoms with Gasteiger partial charge in [-0.15, -0.1) is 0 Å². The van der Waals surface area contributed by atoms with Crippen LogP contribution in [0.5, 0.6) is 0 Å². The second kappa shape index (κ2) is 7.44. The van der Waals surface area contributed by atoms with Gasteiger partial charge in [0.2, 0.25) is 10.0 Å². The van der Waals surface area contributed by atoms with Crippen molar-refractivity contribution in [1.29, 1.82) is 0 Å². The fraction of sp³-hybridized carbons (Fsp3) is 0.467. The van der Waals surface area contributed by atoms with Gasteiger partial charge in [0.25, 0.3) is 0 Å². The Labute approximate surface area is 121 Å². The van der Waals surface area contributed by atoms with Crippen molar-refractivity contribution in [1.82, 2.24) is 4.72 Å². The van der Waals surface area contributed by atoms with Crippen molar-refractivity contribution < 1.29 is 13.5 Å². The van der Waals surface area contributed by atoms with Gasteiger partial charge in [-0.2, -0.15) is 0 Å². The number of sulfonamides is 1. The van der Waals surface area contributed by atoms with Crippen LogP contribution in [-0.4, -0.2) is 26.7 Å². The normalized spacial score (nSPS) is 12.6. The molecule has 0 bridgehead atoms. The Morgan fingerprint density at radius 1 is 1.40 bits per heavy atom. The zero-order chi connectivity index (χ0) is 15.2. The number of benzene rings is 1. The summed E-state index contributed by atoms with van der Waals surface area (Å²) in [6.07, 6.45) is 0.928. The molecule has 110 valence electrons. The molecule has 0 aliphatic carbocycles. The molecule has 5 heteroatoms. The molecular formula is C15H21NO3S. The van der Waals surface area contributed by atoms with E-state index in [9.17, 15) is 8.42 Å². The molecule has 20 heavy (non-hydrogen) atoms. The molecule has 1 atom stereocenters. The van der Waals surface area contributed by atoms with Crippen LogP contribution in [0.25, 0.3) is 0 Å². The summed E-state index contributed by atoms with van der Waals surface area (Å²) in [4.78, 5) is 0.243. The lowest BCUT2D eigenvalue weighted by Crippen LogP contribution is -2.28. The highest BCUT2D eigenvalue weighted by Crippen LogP contribution is 2.15. The second-order valence-electron chi connectivity index (χ2n) is 4.80. The van der Waals surface area contributed by atoms with Crippen molar-refractivity contribution in [3.63, 3.8) is 0 Å². The predicted octanol–water partition coefficient (Wildman–Crippen LogP) is 1.66. The molecule has 1 aromatic carbocycles. The average Bonchev–Trinajstić information content (AvgIpc) is 2.43. The van der Waals surface area contributed by atoms with E-state index in [2.05, 4.69) is 16.6 Å². The highest BCUT2D eigenvalue weighted by molar-refractivity contribution is 7.89. The Kier molecular flexibility index (Phi) is 6.21.